The van der Waals surface area contributed by atoms with E-state index in [-0.39, 0.29) is 13.0 Å². The number of carboxylic acid groups (broad SMARTS) is 1. The molecule has 0 aliphatic carbocycles. The summed E-state index contributed by atoms with van der Waals surface area (Å²) in [5.41, 5.74) is 3.77. The van der Waals surface area contributed by atoms with Crippen LogP contribution in [0.5, 0.6) is 0 Å². The van der Waals surface area contributed by atoms with Crippen LogP contribution in [0.1, 0.15) is 26.2 Å². The standard InChI is InChI=1S/C8H14F3NO2/c1-2-7(5-12,6(13)14)3-4-8(9,10)11/h2-5,12H2,1H3,(H,13,14). The lowest BCUT2D eigenvalue weighted by Crippen LogP contribution is -2.39. The summed E-state index contributed by atoms with van der Waals surface area (Å²) in [6.07, 6.45) is -5.79. The lowest BCUT2D eigenvalue weighted by Gasteiger charge is -2.26. The Hall–Kier alpha value is -0.780. The van der Waals surface area contributed by atoms with Crippen molar-refractivity contribution in [3.8, 4) is 0 Å². The van der Waals surface area contributed by atoms with Crippen LogP contribution in [0.4, 0.5) is 13.2 Å². The third-order valence-corrected chi connectivity index (χ3v) is 2.41. The highest BCUT2D eigenvalue weighted by Crippen LogP contribution is 2.33. The quantitative estimate of drug-likeness (QED) is 0.731. The highest BCUT2D eigenvalue weighted by atomic mass is 19.4. The van der Waals surface area contributed by atoms with E-state index in [2.05, 4.69) is 0 Å². The molecule has 1 atom stereocenters. The summed E-state index contributed by atoms with van der Waals surface area (Å²) < 4.78 is 35.7. The zero-order chi connectivity index (χ0) is 11.4. The molecule has 3 N–H and O–H groups in total. The van der Waals surface area contributed by atoms with Gasteiger partial charge in [-0.15, -0.1) is 0 Å². The molecule has 0 aliphatic rings. The minimum atomic E-state index is -4.33. The zero-order valence-corrected chi connectivity index (χ0v) is 7.90. The molecular formula is C8H14F3NO2. The van der Waals surface area contributed by atoms with Gasteiger partial charge in [-0.2, -0.15) is 13.2 Å². The number of carbonyl (C=O) groups is 1. The molecule has 6 heteroatoms. The number of rotatable bonds is 5. The van der Waals surface area contributed by atoms with E-state index >= 15 is 0 Å². The number of aliphatic carboxylic acids is 1. The number of alkyl halides is 3. The summed E-state index contributed by atoms with van der Waals surface area (Å²) in [5, 5.41) is 8.77. The zero-order valence-electron chi connectivity index (χ0n) is 7.90. The number of hydrogen-bond donors (Lipinski definition) is 2. The Balaban J connectivity index is 4.45. The lowest BCUT2D eigenvalue weighted by molar-refractivity contribution is -0.157. The van der Waals surface area contributed by atoms with Crippen LogP contribution in [-0.4, -0.2) is 23.8 Å². The van der Waals surface area contributed by atoms with Crippen molar-refractivity contribution < 1.29 is 23.1 Å². The molecule has 0 bridgehead atoms. The van der Waals surface area contributed by atoms with Crippen LogP contribution in [0.15, 0.2) is 0 Å². The first-order chi connectivity index (χ1) is 6.27. The first kappa shape index (κ1) is 13.2. The minimum Gasteiger partial charge on any atom is -0.481 e. The van der Waals surface area contributed by atoms with Gasteiger partial charge in [-0.3, -0.25) is 4.79 Å². The van der Waals surface area contributed by atoms with Crippen molar-refractivity contribution in [3.63, 3.8) is 0 Å². The van der Waals surface area contributed by atoms with E-state index < -0.39 is 30.4 Å². The molecule has 0 heterocycles. The largest absolute Gasteiger partial charge is 0.481 e. The molecule has 3 nitrogen and oxygen atoms in total. The monoisotopic (exact) mass is 213 g/mol. The van der Waals surface area contributed by atoms with Crippen molar-refractivity contribution in [1.29, 1.82) is 0 Å². The Morgan fingerprint density at radius 2 is 1.86 bits per heavy atom. The molecule has 84 valence electrons. The van der Waals surface area contributed by atoms with Crippen LogP contribution in [0.3, 0.4) is 0 Å². The molecule has 0 saturated heterocycles. The molecule has 0 aliphatic heterocycles. The van der Waals surface area contributed by atoms with Crippen molar-refractivity contribution in [2.24, 2.45) is 11.1 Å². The van der Waals surface area contributed by atoms with Crippen LogP contribution in [-0.2, 0) is 4.79 Å². The Bertz CT molecular complexity index is 199. The van der Waals surface area contributed by atoms with Crippen molar-refractivity contribution in [2.75, 3.05) is 6.54 Å². The van der Waals surface area contributed by atoms with Crippen LogP contribution < -0.4 is 5.73 Å². The van der Waals surface area contributed by atoms with Gasteiger partial charge in [0, 0.05) is 13.0 Å². The van der Waals surface area contributed by atoms with Crippen molar-refractivity contribution in [1.82, 2.24) is 0 Å². The van der Waals surface area contributed by atoms with Crippen LogP contribution in [0.2, 0.25) is 0 Å². The second-order valence-electron chi connectivity index (χ2n) is 3.26. The molecule has 0 amide bonds. The summed E-state index contributed by atoms with van der Waals surface area (Å²) in [6.45, 7) is 1.26. The fraction of sp³-hybridized carbons (Fsp3) is 0.875. The van der Waals surface area contributed by atoms with Crippen LogP contribution >= 0.6 is 0 Å². The highest BCUT2D eigenvalue weighted by Gasteiger charge is 2.39. The molecule has 0 fully saturated rings. The first-order valence-corrected chi connectivity index (χ1v) is 4.27. The number of carboxylic acids is 1. The molecule has 0 saturated carbocycles. The average Bonchev–Trinajstić information content (AvgIpc) is 2.04. The fourth-order valence-corrected chi connectivity index (χ4v) is 1.15. The molecule has 0 radical (unpaired) electrons. The Morgan fingerprint density at radius 1 is 1.36 bits per heavy atom. The van der Waals surface area contributed by atoms with E-state index in [1.165, 1.54) is 6.92 Å². The fourth-order valence-electron chi connectivity index (χ4n) is 1.15. The summed E-state index contributed by atoms with van der Waals surface area (Å²) in [4.78, 5) is 10.8. The van der Waals surface area contributed by atoms with Gasteiger partial charge >= 0.3 is 12.1 Å². The Kier molecular flexibility index (Phi) is 4.38. The number of nitrogens with two attached hydrogens (primary N) is 1. The molecule has 0 aromatic carbocycles. The predicted octanol–water partition coefficient (Wildman–Crippen LogP) is 1.77. The normalized spacial score (nSPS) is 16.4. The summed E-state index contributed by atoms with van der Waals surface area (Å²) >= 11 is 0. The van der Waals surface area contributed by atoms with Crippen LogP contribution in [0.25, 0.3) is 0 Å². The molecule has 14 heavy (non-hydrogen) atoms. The van der Waals surface area contributed by atoms with E-state index in [0.717, 1.165) is 0 Å². The predicted molar refractivity (Wildman–Crippen MR) is 44.7 cm³/mol. The van der Waals surface area contributed by atoms with E-state index in [9.17, 15) is 18.0 Å². The topological polar surface area (TPSA) is 63.3 Å². The lowest BCUT2D eigenvalue weighted by atomic mass is 9.80. The minimum absolute atomic E-state index is 0.106. The maximum Gasteiger partial charge on any atom is 0.389 e. The van der Waals surface area contributed by atoms with Crippen molar-refractivity contribution >= 4 is 5.97 Å². The van der Waals surface area contributed by atoms with Gasteiger partial charge in [0.1, 0.15) is 0 Å². The van der Waals surface area contributed by atoms with E-state index in [1.807, 2.05) is 0 Å². The molecule has 0 aromatic heterocycles. The van der Waals surface area contributed by atoms with Gasteiger partial charge in [0.2, 0.25) is 0 Å². The second-order valence-corrected chi connectivity index (χ2v) is 3.26. The molecule has 0 spiro atoms. The van der Waals surface area contributed by atoms with Gasteiger partial charge in [-0.1, -0.05) is 6.92 Å². The van der Waals surface area contributed by atoms with E-state index in [0.29, 0.717) is 0 Å². The number of hydrogen-bond acceptors (Lipinski definition) is 2. The molecule has 1 unspecified atom stereocenters. The third kappa shape index (κ3) is 3.53. The van der Waals surface area contributed by atoms with E-state index in [1.54, 1.807) is 0 Å². The molecular weight excluding hydrogens is 199 g/mol. The van der Waals surface area contributed by atoms with Crippen molar-refractivity contribution in [2.45, 2.75) is 32.4 Å². The van der Waals surface area contributed by atoms with Crippen LogP contribution in [0, 0.1) is 5.41 Å². The van der Waals surface area contributed by atoms with Gasteiger partial charge in [0.25, 0.3) is 0 Å². The molecule has 0 aromatic rings. The Morgan fingerprint density at radius 3 is 2.07 bits per heavy atom. The summed E-state index contributed by atoms with van der Waals surface area (Å²) in [5.74, 6) is -1.26. The van der Waals surface area contributed by atoms with Gasteiger partial charge in [-0.05, 0) is 12.8 Å². The van der Waals surface area contributed by atoms with Gasteiger partial charge in [0.15, 0.2) is 0 Å². The maximum absolute atomic E-state index is 11.9. The average molecular weight is 213 g/mol. The van der Waals surface area contributed by atoms with E-state index in [4.69, 9.17) is 10.8 Å². The maximum atomic E-state index is 11.9. The smallest absolute Gasteiger partial charge is 0.389 e. The van der Waals surface area contributed by atoms with Gasteiger partial charge < -0.3 is 10.8 Å². The van der Waals surface area contributed by atoms with Gasteiger partial charge in [0.05, 0.1) is 5.41 Å². The Labute approximate surface area is 80.1 Å². The third-order valence-electron chi connectivity index (χ3n) is 2.41. The summed E-state index contributed by atoms with van der Waals surface area (Å²) in [7, 11) is 0. The number of halogens is 3. The molecule has 0 rings (SSSR count). The second kappa shape index (κ2) is 4.63. The summed E-state index contributed by atoms with van der Waals surface area (Å²) in [6, 6.07) is 0. The SMILES string of the molecule is CCC(CN)(CCC(F)(F)F)C(=O)O. The first-order valence-electron chi connectivity index (χ1n) is 4.27. The van der Waals surface area contributed by atoms with Gasteiger partial charge in [-0.25, -0.2) is 0 Å². The van der Waals surface area contributed by atoms with Crippen molar-refractivity contribution in [3.05, 3.63) is 0 Å². The highest BCUT2D eigenvalue weighted by molar-refractivity contribution is 5.74.